The number of likely N-dealkylation sites (N-methyl/N-ethyl adjacent to an activating group) is 1. The molecule has 1 aliphatic carbocycles. The van der Waals surface area contributed by atoms with Gasteiger partial charge in [0.05, 0.1) is 0 Å². The maximum Gasteiger partial charge on any atom is 0.0223 e. The Bertz CT molecular complexity index is 250. The molecular weight excluding hydrogens is 232 g/mol. The second-order valence-corrected chi connectivity index (χ2v) is 7.17. The van der Waals surface area contributed by atoms with Gasteiger partial charge in [0, 0.05) is 12.6 Å². The number of nitrogens with zero attached hydrogens (tertiary/aromatic N) is 1. The average molecular weight is 266 g/mol. The van der Waals surface area contributed by atoms with Crippen LogP contribution in [0.4, 0.5) is 0 Å². The first kappa shape index (κ1) is 15.3. The minimum atomic E-state index is 0.623. The Balaban J connectivity index is 1.81. The molecule has 0 spiro atoms. The van der Waals surface area contributed by atoms with Crippen LogP contribution in [-0.4, -0.2) is 37.1 Å². The van der Waals surface area contributed by atoms with Crippen molar-refractivity contribution >= 4 is 0 Å². The van der Waals surface area contributed by atoms with Crippen molar-refractivity contribution in [3.63, 3.8) is 0 Å². The summed E-state index contributed by atoms with van der Waals surface area (Å²) < 4.78 is 0. The van der Waals surface area contributed by atoms with Crippen LogP contribution in [0.3, 0.4) is 0 Å². The van der Waals surface area contributed by atoms with Crippen LogP contribution in [-0.2, 0) is 0 Å². The SMILES string of the molecule is CCNC(CN1CCC(C)(CC)CC1)C1CCCC1. The van der Waals surface area contributed by atoms with Gasteiger partial charge in [0.1, 0.15) is 0 Å². The zero-order chi connectivity index (χ0) is 13.7. The molecule has 0 bridgehead atoms. The summed E-state index contributed by atoms with van der Waals surface area (Å²) in [6, 6.07) is 0.749. The van der Waals surface area contributed by atoms with Gasteiger partial charge < -0.3 is 10.2 Å². The lowest BCUT2D eigenvalue weighted by Gasteiger charge is -2.41. The molecule has 19 heavy (non-hydrogen) atoms. The molecule has 2 rings (SSSR count). The van der Waals surface area contributed by atoms with Crippen molar-refractivity contribution in [3.05, 3.63) is 0 Å². The van der Waals surface area contributed by atoms with E-state index in [4.69, 9.17) is 0 Å². The maximum atomic E-state index is 3.76. The fraction of sp³-hybridized carbons (Fsp3) is 1.00. The van der Waals surface area contributed by atoms with E-state index < -0.39 is 0 Å². The molecule has 0 amide bonds. The molecule has 1 N–H and O–H groups in total. The third-order valence-electron chi connectivity index (χ3n) is 5.81. The molecule has 1 heterocycles. The average Bonchev–Trinajstić information content (AvgIpc) is 2.95. The van der Waals surface area contributed by atoms with E-state index in [1.165, 1.54) is 64.6 Å². The lowest BCUT2D eigenvalue weighted by molar-refractivity contribution is 0.0986. The Labute approximate surface area is 120 Å². The van der Waals surface area contributed by atoms with Crippen LogP contribution in [0, 0.1) is 11.3 Å². The highest BCUT2D eigenvalue weighted by Crippen LogP contribution is 2.34. The molecule has 2 aliphatic rings. The predicted molar refractivity (Wildman–Crippen MR) is 83.5 cm³/mol. The van der Waals surface area contributed by atoms with E-state index in [0.717, 1.165) is 18.5 Å². The van der Waals surface area contributed by atoms with Crippen molar-refractivity contribution in [2.75, 3.05) is 26.2 Å². The third kappa shape index (κ3) is 4.19. The molecule has 112 valence electrons. The second-order valence-electron chi connectivity index (χ2n) is 7.17. The number of rotatable bonds is 6. The Hall–Kier alpha value is -0.0800. The van der Waals surface area contributed by atoms with E-state index in [9.17, 15) is 0 Å². The van der Waals surface area contributed by atoms with Gasteiger partial charge in [0.15, 0.2) is 0 Å². The molecule has 1 saturated heterocycles. The van der Waals surface area contributed by atoms with E-state index in [0.29, 0.717) is 5.41 Å². The molecule has 0 aromatic heterocycles. The summed E-state index contributed by atoms with van der Waals surface area (Å²) in [5, 5.41) is 3.76. The molecule has 0 radical (unpaired) electrons. The quantitative estimate of drug-likeness (QED) is 0.789. The molecule has 1 aliphatic heterocycles. The Morgan fingerprint density at radius 2 is 1.79 bits per heavy atom. The van der Waals surface area contributed by atoms with Gasteiger partial charge in [-0.1, -0.05) is 40.0 Å². The molecule has 2 nitrogen and oxygen atoms in total. The number of hydrogen-bond donors (Lipinski definition) is 1. The first-order chi connectivity index (χ1) is 9.17. The van der Waals surface area contributed by atoms with E-state index in [2.05, 4.69) is 31.0 Å². The fourth-order valence-corrected chi connectivity index (χ4v) is 3.91. The Morgan fingerprint density at radius 3 is 2.32 bits per heavy atom. The molecule has 2 fully saturated rings. The lowest BCUT2D eigenvalue weighted by Crippen LogP contribution is -2.48. The molecule has 1 unspecified atom stereocenters. The molecule has 2 heteroatoms. The third-order valence-corrected chi connectivity index (χ3v) is 5.81. The summed E-state index contributed by atoms with van der Waals surface area (Å²) in [5.74, 6) is 0.944. The van der Waals surface area contributed by atoms with E-state index >= 15 is 0 Å². The first-order valence-electron chi connectivity index (χ1n) is 8.62. The van der Waals surface area contributed by atoms with Crippen LogP contribution in [0.5, 0.6) is 0 Å². The summed E-state index contributed by atoms with van der Waals surface area (Å²) in [5.41, 5.74) is 0.623. The van der Waals surface area contributed by atoms with Gasteiger partial charge in [-0.25, -0.2) is 0 Å². The van der Waals surface area contributed by atoms with Crippen LogP contribution in [0.1, 0.15) is 65.7 Å². The van der Waals surface area contributed by atoms with Gasteiger partial charge in [-0.3, -0.25) is 0 Å². The van der Waals surface area contributed by atoms with Crippen LogP contribution >= 0.6 is 0 Å². The van der Waals surface area contributed by atoms with Crippen LogP contribution in [0.25, 0.3) is 0 Å². The first-order valence-corrected chi connectivity index (χ1v) is 8.62. The molecule has 0 aromatic rings. The number of piperidine rings is 1. The monoisotopic (exact) mass is 266 g/mol. The molecule has 1 atom stereocenters. The summed E-state index contributed by atoms with van der Waals surface area (Å²) in [4.78, 5) is 2.73. The summed E-state index contributed by atoms with van der Waals surface area (Å²) in [6.45, 7) is 12.1. The Morgan fingerprint density at radius 1 is 1.16 bits per heavy atom. The molecule has 1 saturated carbocycles. The van der Waals surface area contributed by atoms with Crippen molar-refractivity contribution in [3.8, 4) is 0 Å². The highest BCUT2D eigenvalue weighted by atomic mass is 15.2. The van der Waals surface area contributed by atoms with Crippen LogP contribution in [0.15, 0.2) is 0 Å². The van der Waals surface area contributed by atoms with Crippen LogP contribution in [0.2, 0.25) is 0 Å². The molecular formula is C17H34N2. The van der Waals surface area contributed by atoms with E-state index in [1.54, 1.807) is 0 Å². The largest absolute Gasteiger partial charge is 0.313 e. The fourth-order valence-electron chi connectivity index (χ4n) is 3.91. The normalized spacial score (nSPS) is 26.7. The Kier molecular flexibility index (Phi) is 5.70. The van der Waals surface area contributed by atoms with Gasteiger partial charge in [0.2, 0.25) is 0 Å². The predicted octanol–water partition coefficient (Wildman–Crippen LogP) is 3.67. The minimum absolute atomic E-state index is 0.623. The standard InChI is InChI=1S/C17H34N2/c1-4-17(3)10-12-19(13-11-17)14-16(18-5-2)15-8-6-7-9-15/h15-16,18H,4-14H2,1-3H3. The van der Waals surface area contributed by atoms with Gasteiger partial charge in [-0.15, -0.1) is 0 Å². The van der Waals surface area contributed by atoms with Crippen molar-refractivity contribution in [1.29, 1.82) is 0 Å². The van der Waals surface area contributed by atoms with Crippen molar-refractivity contribution in [2.45, 2.75) is 71.8 Å². The van der Waals surface area contributed by atoms with E-state index in [-0.39, 0.29) is 0 Å². The van der Waals surface area contributed by atoms with Gasteiger partial charge >= 0.3 is 0 Å². The smallest absolute Gasteiger partial charge is 0.0223 e. The van der Waals surface area contributed by atoms with Crippen LogP contribution < -0.4 is 5.32 Å². The number of nitrogens with one attached hydrogen (secondary N) is 1. The van der Waals surface area contributed by atoms with Gasteiger partial charge in [-0.05, 0) is 56.7 Å². The zero-order valence-corrected chi connectivity index (χ0v) is 13.4. The zero-order valence-electron chi connectivity index (χ0n) is 13.4. The van der Waals surface area contributed by atoms with Crippen molar-refractivity contribution in [2.24, 2.45) is 11.3 Å². The summed E-state index contributed by atoms with van der Waals surface area (Å²) >= 11 is 0. The maximum absolute atomic E-state index is 3.76. The number of hydrogen-bond acceptors (Lipinski definition) is 2. The number of likely N-dealkylation sites (tertiary alicyclic amines) is 1. The van der Waals surface area contributed by atoms with Crippen molar-refractivity contribution < 1.29 is 0 Å². The van der Waals surface area contributed by atoms with Gasteiger partial charge in [0.25, 0.3) is 0 Å². The topological polar surface area (TPSA) is 15.3 Å². The highest BCUT2D eigenvalue weighted by molar-refractivity contribution is 4.87. The van der Waals surface area contributed by atoms with Gasteiger partial charge in [-0.2, -0.15) is 0 Å². The minimum Gasteiger partial charge on any atom is -0.313 e. The lowest BCUT2D eigenvalue weighted by atomic mass is 9.78. The second kappa shape index (κ2) is 7.08. The summed E-state index contributed by atoms with van der Waals surface area (Å²) in [6.07, 6.45) is 9.97. The highest BCUT2D eigenvalue weighted by Gasteiger charge is 2.31. The summed E-state index contributed by atoms with van der Waals surface area (Å²) in [7, 11) is 0. The van der Waals surface area contributed by atoms with Crippen molar-refractivity contribution in [1.82, 2.24) is 10.2 Å². The molecule has 0 aromatic carbocycles. The van der Waals surface area contributed by atoms with E-state index in [1.807, 2.05) is 0 Å².